The van der Waals surface area contributed by atoms with Crippen LogP contribution in [-0.2, 0) is 6.42 Å². The quantitative estimate of drug-likeness (QED) is 0.346. The first-order valence-corrected chi connectivity index (χ1v) is 8.48. The van der Waals surface area contributed by atoms with Crippen molar-refractivity contribution < 1.29 is 4.39 Å². The molecule has 0 N–H and O–H groups in total. The van der Waals surface area contributed by atoms with Crippen LogP contribution >= 0.6 is 12.2 Å². The molecule has 0 radical (unpaired) electrons. The topological polar surface area (TPSA) is 12.4 Å². The van der Waals surface area contributed by atoms with Gasteiger partial charge in [-0.2, -0.15) is 4.99 Å². The second kappa shape index (κ2) is 7.48. The van der Waals surface area contributed by atoms with Crippen molar-refractivity contribution in [2.45, 2.75) is 26.2 Å². The zero-order chi connectivity index (χ0) is 16.9. The highest BCUT2D eigenvalue weighted by molar-refractivity contribution is 7.78. The number of rotatable bonds is 5. The van der Waals surface area contributed by atoms with Gasteiger partial charge in [0.2, 0.25) is 0 Å². The first-order chi connectivity index (χ1) is 11.7. The SMILES string of the molecule is CCCC1=Cc2cc(/C=C/c3ccc(N=C=S)c(F)c3)ccc2C1. The maximum absolute atomic E-state index is 13.8. The Bertz CT molecular complexity index is 873. The van der Waals surface area contributed by atoms with Crippen molar-refractivity contribution in [1.29, 1.82) is 0 Å². The molecule has 0 spiro atoms. The number of isothiocyanates is 1. The summed E-state index contributed by atoms with van der Waals surface area (Å²) in [6.07, 6.45) is 9.62. The van der Waals surface area contributed by atoms with E-state index in [1.165, 1.54) is 29.2 Å². The van der Waals surface area contributed by atoms with Gasteiger partial charge in [0.25, 0.3) is 0 Å². The van der Waals surface area contributed by atoms with Gasteiger partial charge < -0.3 is 0 Å². The lowest BCUT2D eigenvalue weighted by Gasteiger charge is -2.01. The Morgan fingerprint density at radius 1 is 1.17 bits per heavy atom. The van der Waals surface area contributed by atoms with Gasteiger partial charge in [0.15, 0.2) is 0 Å². The number of benzene rings is 2. The molecule has 0 aliphatic heterocycles. The highest BCUT2D eigenvalue weighted by Gasteiger charge is 2.11. The first-order valence-electron chi connectivity index (χ1n) is 8.07. The maximum atomic E-state index is 13.8. The third-order valence-corrected chi connectivity index (χ3v) is 4.22. The predicted octanol–water partition coefficient (Wildman–Crippen LogP) is 6.47. The lowest BCUT2D eigenvalue weighted by atomic mass is 10.0. The molecule has 1 nitrogen and oxygen atoms in total. The van der Waals surface area contributed by atoms with Crippen LogP contribution in [0.5, 0.6) is 0 Å². The van der Waals surface area contributed by atoms with Gasteiger partial charge in [-0.1, -0.05) is 55.3 Å². The van der Waals surface area contributed by atoms with E-state index in [9.17, 15) is 4.39 Å². The number of halogens is 1. The largest absolute Gasteiger partial charge is 0.205 e. The van der Waals surface area contributed by atoms with E-state index < -0.39 is 5.82 Å². The van der Waals surface area contributed by atoms with Gasteiger partial charge >= 0.3 is 0 Å². The van der Waals surface area contributed by atoms with Crippen molar-refractivity contribution in [3.8, 4) is 0 Å². The first kappa shape index (κ1) is 16.5. The smallest absolute Gasteiger partial charge is 0.150 e. The van der Waals surface area contributed by atoms with Crippen molar-refractivity contribution in [3.05, 3.63) is 70.0 Å². The number of hydrogen-bond acceptors (Lipinski definition) is 2. The number of aliphatic imine (C=N–C) groups is 1. The van der Waals surface area contributed by atoms with Crippen LogP contribution in [0.1, 0.15) is 42.0 Å². The summed E-state index contributed by atoms with van der Waals surface area (Å²) < 4.78 is 13.8. The molecule has 0 heterocycles. The molecule has 3 rings (SSSR count). The molecule has 0 saturated heterocycles. The summed E-state index contributed by atoms with van der Waals surface area (Å²) in [4.78, 5) is 3.69. The van der Waals surface area contributed by atoms with Crippen LogP contribution in [0.3, 0.4) is 0 Å². The molecular formula is C21H18FNS. The Morgan fingerprint density at radius 2 is 1.92 bits per heavy atom. The average molecular weight is 335 g/mol. The fraction of sp³-hybridized carbons (Fsp3) is 0.190. The van der Waals surface area contributed by atoms with E-state index in [4.69, 9.17) is 0 Å². The Balaban J connectivity index is 1.80. The van der Waals surface area contributed by atoms with Crippen molar-refractivity contribution in [2.75, 3.05) is 0 Å². The van der Waals surface area contributed by atoms with Crippen molar-refractivity contribution >= 4 is 41.3 Å². The van der Waals surface area contributed by atoms with Gasteiger partial charge in [-0.3, -0.25) is 0 Å². The lowest BCUT2D eigenvalue weighted by Crippen LogP contribution is -1.85. The van der Waals surface area contributed by atoms with Crippen molar-refractivity contribution in [1.82, 2.24) is 0 Å². The number of thiocarbonyl (C=S) groups is 1. The Hall–Kier alpha value is -2.35. The van der Waals surface area contributed by atoms with Crippen LogP contribution < -0.4 is 0 Å². The van der Waals surface area contributed by atoms with Crippen LogP contribution in [0.2, 0.25) is 0 Å². The van der Waals surface area contributed by atoms with Crippen LogP contribution in [-0.4, -0.2) is 5.16 Å². The van der Waals surface area contributed by atoms with Crippen molar-refractivity contribution in [3.63, 3.8) is 0 Å². The number of hydrogen-bond donors (Lipinski definition) is 0. The molecule has 1 aliphatic carbocycles. The van der Waals surface area contributed by atoms with E-state index in [1.54, 1.807) is 6.07 Å². The summed E-state index contributed by atoms with van der Waals surface area (Å²) in [6, 6.07) is 11.4. The molecule has 3 heteroatoms. The van der Waals surface area contributed by atoms with Gasteiger partial charge in [0.05, 0.1) is 5.16 Å². The molecule has 0 atom stereocenters. The van der Waals surface area contributed by atoms with Gasteiger partial charge in [0.1, 0.15) is 11.5 Å². The standard InChI is InChI=1S/C21H18FNS/c1-2-3-17-11-18-8-6-15(10-19(18)12-17)4-5-16-7-9-21(23-14-24)20(22)13-16/h4-10,12-13H,2-3,11H2,1H3/b5-4+. The van der Waals surface area contributed by atoms with Crippen LogP contribution in [0.4, 0.5) is 10.1 Å². The zero-order valence-corrected chi connectivity index (χ0v) is 14.4. The lowest BCUT2D eigenvalue weighted by molar-refractivity contribution is 0.630. The average Bonchev–Trinajstić information content (AvgIpc) is 2.97. The second-order valence-electron chi connectivity index (χ2n) is 5.93. The normalized spacial score (nSPS) is 12.8. The third-order valence-electron chi connectivity index (χ3n) is 4.12. The maximum Gasteiger partial charge on any atom is 0.150 e. The minimum absolute atomic E-state index is 0.216. The monoisotopic (exact) mass is 335 g/mol. The second-order valence-corrected chi connectivity index (χ2v) is 6.12. The summed E-state index contributed by atoms with van der Waals surface area (Å²) in [5.74, 6) is -0.393. The van der Waals surface area contributed by atoms with Gasteiger partial charge in [-0.05, 0) is 65.5 Å². The molecule has 2 aromatic rings. The van der Waals surface area contributed by atoms with E-state index in [0.717, 1.165) is 24.0 Å². The van der Waals surface area contributed by atoms with Crippen LogP contribution in [0, 0.1) is 5.82 Å². The number of allylic oxidation sites excluding steroid dienone is 1. The van der Waals surface area contributed by atoms with E-state index >= 15 is 0 Å². The summed E-state index contributed by atoms with van der Waals surface area (Å²) >= 11 is 4.50. The molecule has 0 bridgehead atoms. The molecule has 0 fully saturated rings. The predicted molar refractivity (Wildman–Crippen MR) is 103 cm³/mol. The van der Waals surface area contributed by atoms with E-state index in [-0.39, 0.29) is 5.69 Å². The fourth-order valence-corrected chi connectivity index (χ4v) is 3.07. The van der Waals surface area contributed by atoms with E-state index in [2.05, 4.69) is 53.6 Å². The van der Waals surface area contributed by atoms with Crippen LogP contribution in [0.15, 0.2) is 47.0 Å². The van der Waals surface area contributed by atoms with Crippen molar-refractivity contribution in [2.24, 2.45) is 4.99 Å². The Kier molecular flexibility index (Phi) is 5.14. The summed E-state index contributed by atoms with van der Waals surface area (Å²) in [7, 11) is 0. The summed E-state index contributed by atoms with van der Waals surface area (Å²) in [5.41, 5.74) is 6.32. The fourth-order valence-electron chi connectivity index (χ4n) is 2.97. The zero-order valence-electron chi connectivity index (χ0n) is 13.6. The van der Waals surface area contributed by atoms with Gasteiger partial charge in [-0.25, -0.2) is 4.39 Å². The van der Waals surface area contributed by atoms with E-state index in [0.29, 0.717) is 0 Å². The molecule has 24 heavy (non-hydrogen) atoms. The molecule has 120 valence electrons. The number of nitrogens with zero attached hydrogens (tertiary/aromatic N) is 1. The highest BCUT2D eigenvalue weighted by atomic mass is 32.1. The van der Waals surface area contributed by atoms with Gasteiger partial charge in [0, 0.05) is 0 Å². The molecule has 1 aliphatic rings. The van der Waals surface area contributed by atoms with Crippen LogP contribution in [0.25, 0.3) is 18.2 Å². The molecule has 0 amide bonds. The molecule has 0 unspecified atom stereocenters. The van der Waals surface area contributed by atoms with E-state index in [1.807, 2.05) is 18.2 Å². The molecule has 0 aromatic heterocycles. The Morgan fingerprint density at radius 3 is 2.62 bits per heavy atom. The highest BCUT2D eigenvalue weighted by Crippen LogP contribution is 2.29. The minimum Gasteiger partial charge on any atom is -0.205 e. The summed E-state index contributed by atoms with van der Waals surface area (Å²) in [6.45, 7) is 2.21. The molecular weight excluding hydrogens is 317 g/mol. The number of fused-ring (bicyclic) bond motifs is 1. The molecule has 0 saturated carbocycles. The summed E-state index contributed by atoms with van der Waals surface area (Å²) in [5, 5.41) is 2.18. The Labute approximate surface area is 147 Å². The minimum atomic E-state index is -0.393. The molecule has 2 aromatic carbocycles. The van der Waals surface area contributed by atoms with Gasteiger partial charge in [-0.15, -0.1) is 0 Å². The third kappa shape index (κ3) is 3.76.